The SMILES string of the molecule is COc1ccc([C@@H](C)NC(=O)c2ncn3c2CO[C@@H](c2ccccc2)C3)cc1. The van der Waals surface area contributed by atoms with Gasteiger partial charge in [0.05, 0.1) is 38.3 Å². The highest BCUT2D eigenvalue weighted by molar-refractivity contribution is 5.93. The second-order valence-electron chi connectivity index (χ2n) is 6.87. The summed E-state index contributed by atoms with van der Waals surface area (Å²) in [6.45, 7) is 2.96. The van der Waals surface area contributed by atoms with Crippen molar-refractivity contribution in [3.63, 3.8) is 0 Å². The Morgan fingerprint density at radius 2 is 1.96 bits per heavy atom. The molecule has 1 aromatic heterocycles. The fourth-order valence-electron chi connectivity index (χ4n) is 3.43. The van der Waals surface area contributed by atoms with Crippen molar-refractivity contribution < 1.29 is 14.3 Å². The summed E-state index contributed by atoms with van der Waals surface area (Å²) in [6, 6.07) is 17.6. The summed E-state index contributed by atoms with van der Waals surface area (Å²) < 4.78 is 13.2. The molecule has 2 heterocycles. The summed E-state index contributed by atoms with van der Waals surface area (Å²) in [6.07, 6.45) is 1.69. The average Bonchev–Trinajstić information content (AvgIpc) is 3.18. The van der Waals surface area contributed by atoms with Crippen molar-refractivity contribution in [1.29, 1.82) is 0 Å². The normalized spacial score (nSPS) is 16.9. The monoisotopic (exact) mass is 377 g/mol. The number of methoxy groups -OCH3 is 1. The fourth-order valence-corrected chi connectivity index (χ4v) is 3.43. The van der Waals surface area contributed by atoms with E-state index in [0.717, 1.165) is 22.6 Å². The summed E-state index contributed by atoms with van der Waals surface area (Å²) in [4.78, 5) is 17.1. The minimum absolute atomic E-state index is 0.0305. The number of hydrogen-bond acceptors (Lipinski definition) is 4. The lowest BCUT2D eigenvalue weighted by Crippen LogP contribution is -2.29. The van der Waals surface area contributed by atoms with Crippen molar-refractivity contribution in [2.24, 2.45) is 0 Å². The molecular formula is C22H23N3O3. The van der Waals surface area contributed by atoms with E-state index in [1.807, 2.05) is 54.0 Å². The van der Waals surface area contributed by atoms with Crippen LogP contribution in [0.4, 0.5) is 0 Å². The number of hydrogen-bond donors (Lipinski definition) is 1. The number of imidazole rings is 1. The molecule has 0 aliphatic carbocycles. The molecule has 1 amide bonds. The smallest absolute Gasteiger partial charge is 0.272 e. The van der Waals surface area contributed by atoms with Crippen LogP contribution in [-0.2, 0) is 17.9 Å². The average molecular weight is 377 g/mol. The largest absolute Gasteiger partial charge is 0.497 e. The zero-order valence-electron chi connectivity index (χ0n) is 16.0. The van der Waals surface area contributed by atoms with Gasteiger partial charge in [0.15, 0.2) is 5.69 Å². The summed E-state index contributed by atoms with van der Waals surface area (Å²) in [5, 5.41) is 3.02. The zero-order valence-corrected chi connectivity index (χ0v) is 16.0. The van der Waals surface area contributed by atoms with Gasteiger partial charge in [-0.3, -0.25) is 4.79 Å². The number of ether oxygens (including phenoxy) is 2. The predicted octanol–water partition coefficient (Wildman–Crippen LogP) is 3.65. The van der Waals surface area contributed by atoms with Crippen LogP contribution in [0.1, 0.15) is 46.4 Å². The first-order valence-corrected chi connectivity index (χ1v) is 9.31. The van der Waals surface area contributed by atoms with Crippen molar-refractivity contribution in [3.05, 3.63) is 83.4 Å². The molecule has 0 spiro atoms. The Hall–Kier alpha value is -3.12. The molecule has 6 heteroatoms. The number of amides is 1. The number of carbonyl (C=O) groups excluding carboxylic acids is 1. The summed E-state index contributed by atoms with van der Waals surface area (Å²) in [5.41, 5.74) is 3.36. The van der Waals surface area contributed by atoms with Crippen LogP contribution >= 0.6 is 0 Å². The van der Waals surface area contributed by atoms with Crippen molar-refractivity contribution in [2.45, 2.75) is 32.2 Å². The van der Waals surface area contributed by atoms with Crippen LogP contribution < -0.4 is 10.1 Å². The number of rotatable bonds is 5. The third-order valence-corrected chi connectivity index (χ3v) is 5.08. The molecular weight excluding hydrogens is 354 g/mol. The van der Waals surface area contributed by atoms with E-state index in [2.05, 4.69) is 22.4 Å². The second kappa shape index (κ2) is 7.86. The zero-order chi connectivity index (χ0) is 19.5. The fraction of sp³-hybridized carbons (Fsp3) is 0.273. The Labute approximate surface area is 164 Å². The van der Waals surface area contributed by atoms with E-state index in [4.69, 9.17) is 9.47 Å². The first kappa shape index (κ1) is 18.3. The molecule has 6 nitrogen and oxygen atoms in total. The summed E-state index contributed by atoms with van der Waals surface area (Å²) in [7, 11) is 1.63. The molecule has 1 aliphatic rings. The minimum atomic E-state index is -0.196. The van der Waals surface area contributed by atoms with E-state index in [1.165, 1.54) is 0 Å². The van der Waals surface area contributed by atoms with Gasteiger partial charge in [0.1, 0.15) is 11.9 Å². The Bertz CT molecular complexity index is 951. The Balaban J connectivity index is 1.45. The number of benzene rings is 2. The molecule has 0 saturated carbocycles. The van der Waals surface area contributed by atoms with Gasteiger partial charge in [-0.25, -0.2) is 4.98 Å². The van der Waals surface area contributed by atoms with E-state index >= 15 is 0 Å². The topological polar surface area (TPSA) is 65.4 Å². The third-order valence-electron chi connectivity index (χ3n) is 5.08. The second-order valence-corrected chi connectivity index (χ2v) is 6.87. The molecule has 0 fully saturated rings. The summed E-state index contributed by atoms with van der Waals surface area (Å²) in [5.74, 6) is 0.592. The number of carbonyl (C=O) groups is 1. The molecule has 0 saturated heterocycles. The number of nitrogens with zero attached hydrogens (tertiary/aromatic N) is 2. The van der Waals surface area contributed by atoms with Crippen molar-refractivity contribution in [3.8, 4) is 5.75 Å². The Morgan fingerprint density at radius 1 is 1.21 bits per heavy atom. The van der Waals surface area contributed by atoms with E-state index < -0.39 is 0 Å². The molecule has 1 N–H and O–H groups in total. The third kappa shape index (κ3) is 3.64. The van der Waals surface area contributed by atoms with E-state index in [-0.39, 0.29) is 18.1 Å². The molecule has 3 aromatic rings. The maximum Gasteiger partial charge on any atom is 0.272 e. The molecule has 4 rings (SSSR count). The van der Waals surface area contributed by atoms with Crippen LogP contribution in [0.3, 0.4) is 0 Å². The quantitative estimate of drug-likeness (QED) is 0.737. The maximum atomic E-state index is 12.8. The van der Waals surface area contributed by atoms with Gasteiger partial charge in [-0.05, 0) is 30.2 Å². The highest BCUT2D eigenvalue weighted by Gasteiger charge is 2.26. The first-order valence-electron chi connectivity index (χ1n) is 9.31. The highest BCUT2D eigenvalue weighted by Crippen LogP contribution is 2.28. The lowest BCUT2D eigenvalue weighted by atomic mass is 10.1. The Kier molecular flexibility index (Phi) is 5.12. The molecule has 0 radical (unpaired) electrons. The van der Waals surface area contributed by atoms with Gasteiger partial charge in [0.2, 0.25) is 0 Å². The van der Waals surface area contributed by atoms with Crippen molar-refractivity contribution in [1.82, 2.24) is 14.9 Å². The van der Waals surface area contributed by atoms with Crippen LogP contribution in [0.2, 0.25) is 0 Å². The number of fused-ring (bicyclic) bond motifs is 1. The standard InChI is InChI=1S/C22H23N3O3/c1-15(16-8-10-18(27-2)11-9-16)24-22(26)21-19-13-28-20(12-25(19)14-23-21)17-6-4-3-5-7-17/h3-11,14-15,20H,12-13H2,1-2H3,(H,24,26)/t15-,20-/m1/s1. The van der Waals surface area contributed by atoms with E-state index in [0.29, 0.717) is 18.8 Å². The van der Waals surface area contributed by atoms with Gasteiger partial charge in [0.25, 0.3) is 5.91 Å². The minimum Gasteiger partial charge on any atom is -0.497 e. The molecule has 144 valence electrons. The van der Waals surface area contributed by atoms with E-state index in [1.54, 1.807) is 13.4 Å². The van der Waals surface area contributed by atoms with Crippen LogP contribution in [0.25, 0.3) is 0 Å². The first-order chi connectivity index (χ1) is 13.7. The lowest BCUT2D eigenvalue weighted by Gasteiger charge is -2.25. The van der Waals surface area contributed by atoms with Gasteiger partial charge in [-0.1, -0.05) is 42.5 Å². The van der Waals surface area contributed by atoms with Crippen molar-refractivity contribution in [2.75, 3.05) is 7.11 Å². The molecule has 28 heavy (non-hydrogen) atoms. The molecule has 1 aliphatic heterocycles. The van der Waals surface area contributed by atoms with Gasteiger partial charge in [-0.15, -0.1) is 0 Å². The van der Waals surface area contributed by atoms with E-state index in [9.17, 15) is 4.79 Å². The molecule has 0 bridgehead atoms. The maximum absolute atomic E-state index is 12.8. The van der Waals surface area contributed by atoms with Crippen LogP contribution in [0, 0.1) is 0 Å². The van der Waals surface area contributed by atoms with Crippen molar-refractivity contribution >= 4 is 5.91 Å². The molecule has 2 atom stereocenters. The molecule has 0 unspecified atom stereocenters. The van der Waals surface area contributed by atoms with Gasteiger partial charge in [-0.2, -0.15) is 0 Å². The Morgan fingerprint density at radius 3 is 2.68 bits per heavy atom. The van der Waals surface area contributed by atoms with Crippen LogP contribution in [0.15, 0.2) is 60.9 Å². The summed E-state index contributed by atoms with van der Waals surface area (Å²) >= 11 is 0. The predicted molar refractivity (Wildman–Crippen MR) is 105 cm³/mol. The van der Waals surface area contributed by atoms with Crippen LogP contribution in [-0.4, -0.2) is 22.6 Å². The highest BCUT2D eigenvalue weighted by atomic mass is 16.5. The van der Waals surface area contributed by atoms with Gasteiger partial charge >= 0.3 is 0 Å². The molecule has 2 aromatic carbocycles. The lowest BCUT2D eigenvalue weighted by molar-refractivity contribution is 0.00256. The number of aromatic nitrogens is 2. The number of nitrogens with one attached hydrogen (secondary N) is 1. The van der Waals surface area contributed by atoms with Crippen LogP contribution in [0.5, 0.6) is 5.75 Å². The van der Waals surface area contributed by atoms with Gasteiger partial charge in [0, 0.05) is 0 Å². The van der Waals surface area contributed by atoms with Gasteiger partial charge < -0.3 is 19.4 Å².